The lowest BCUT2D eigenvalue weighted by Crippen LogP contribution is -2.18. The highest BCUT2D eigenvalue weighted by molar-refractivity contribution is 5.94. The number of hydrogen-bond donors (Lipinski definition) is 0. The molecule has 0 fully saturated rings. The summed E-state index contributed by atoms with van der Waals surface area (Å²) in [5.41, 5.74) is 21.6. The second kappa shape index (κ2) is 22.0. The van der Waals surface area contributed by atoms with Crippen LogP contribution in [-0.2, 0) is 6.54 Å². The fourth-order valence-corrected chi connectivity index (χ4v) is 10.5. The van der Waals surface area contributed by atoms with E-state index in [-0.39, 0.29) is 0 Å². The molecule has 3 nitrogen and oxygen atoms in total. The fourth-order valence-electron chi connectivity index (χ4n) is 10.5. The molecule has 76 heavy (non-hydrogen) atoms. The molecular weight excluding hydrogens is 919 g/mol. The Bertz CT molecular complexity index is 3720. The second-order valence-corrected chi connectivity index (χ2v) is 18.9. The van der Waals surface area contributed by atoms with Crippen LogP contribution >= 0.6 is 0 Å². The molecule has 0 amide bonds. The minimum atomic E-state index is 0.664. The van der Waals surface area contributed by atoms with Crippen LogP contribution < -0.4 is 14.7 Å². The predicted molar refractivity (Wildman–Crippen MR) is 322 cm³/mol. The summed E-state index contributed by atoms with van der Waals surface area (Å²) in [6.07, 6.45) is 0. The Labute approximate surface area is 447 Å². The summed E-state index contributed by atoms with van der Waals surface area (Å²) in [6.45, 7) is 0.664. The van der Waals surface area contributed by atoms with Gasteiger partial charge in [-0.25, -0.2) is 0 Å². The third kappa shape index (κ3) is 9.94. The van der Waals surface area contributed by atoms with E-state index in [1.54, 1.807) is 0 Å². The van der Waals surface area contributed by atoms with Crippen LogP contribution in [0.25, 0.3) is 55.6 Å². The second-order valence-electron chi connectivity index (χ2n) is 18.9. The lowest BCUT2D eigenvalue weighted by atomic mass is 9.98. The molecule has 0 radical (unpaired) electrons. The van der Waals surface area contributed by atoms with E-state index in [1.807, 2.05) is 0 Å². The van der Waals surface area contributed by atoms with E-state index < -0.39 is 0 Å². The molecule has 0 saturated heterocycles. The first-order chi connectivity index (χ1) is 37.7. The quantitative estimate of drug-likeness (QED) is 0.101. The monoisotopic (exact) mass is 973 g/mol. The molecule has 0 heterocycles. The minimum absolute atomic E-state index is 0.664. The molecule has 0 aliphatic carbocycles. The van der Waals surface area contributed by atoms with Gasteiger partial charge in [0.15, 0.2) is 0 Å². The molecule has 3 heteroatoms. The van der Waals surface area contributed by atoms with Gasteiger partial charge in [-0.3, -0.25) is 0 Å². The molecule has 0 saturated carbocycles. The number of anilines is 8. The lowest BCUT2D eigenvalue weighted by molar-refractivity contribution is 0.978. The van der Waals surface area contributed by atoms with Crippen LogP contribution in [0.15, 0.2) is 322 Å². The zero-order valence-electron chi connectivity index (χ0n) is 42.1. The largest absolute Gasteiger partial charge is 0.336 e. The van der Waals surface area contributed by atoms with E-state index in [0.29, 0.717) is 6.54 Å². The Morgan fingerprint density at radius 1 is 0.184 bits per heavy atom. The van der Waals surface area contributed by atoms with Gasteiger partial charge in [-0.15, -0.1) is 0 Å². The zero-order valence-corrected chi connectivity index (χ0v) is 42.1. The van der Waals surface area contributed by atoms with Crippen molar-refractivity contribution in [2.24, 2.45) is 0 Å². The molecule has 12 rings (SSSR count). The Balaban J connectivity index is 0.980. The summed E-state index contributed by atoms with van der Waals surface area (Å²) in [6, 6.07) is 116. The first-order valence-electron chi connectivity index (χ1n) is 26.0. The van der Waals surface area contributed by atoms with Gasteiger partial charge in [-0.2, -0.15) is 0 Å². The van der Waals surface area contributed by atoms with Crippen LogP contribution in [0, 0.1) is 0 Å². The first-order valence-corrected chi connectivity index (χ1v) is 26.0. The molecule has 0 N–H and O–H groups in total. The lowest BCUT2D eigenvalue weighted by Gasteiger charge is -2.31. The average molecular weight is 974 g/mol. The molecule has 362 valence electrons. The van der Waals surface area contributed by atoms with Crippen LogP contribution in [0.1, 0.15) is 5.56 Å². The first kappa shape index (κ1) is 47.1. The van der Waals surface area contributed by atoms with Crippen LogP contribution in [0.3, 0.4) is 0 Å². The number of nitrogens with zero attached hydrogens (tertiary/aromatic N) is 3. The summed E-state index contributed by atoms with van der Waals surface area (Å²) in [5.74, 6) is 0. The average Bonchev–Trinajstić information content (AvgIpc) is 3.52. The number of hydrogen-bond acceptors (Lipinski definition) is 3. The smallest absolute Gasteiger partial charge is 0.0540 e. The van der Waals surface area contributed by atoms with Gasteiger partial charge in [0.05, 0.1) is 11.4 Å². The number of benzene rings is 12. The van der Waals surface area contributed by atoms with Gasteiger partial charge >= 0.3 is 0 Å². The number of rotatable bonds is 15. The van der Waals surface area contributed by atoms with Gasteiger partial charge in [-0.05, 0) is 123 Å². The van der Waals surface area contributed by atoms with Gasteiger partial charge in [0.1, 0.15) is 0 Å². The summed E-state index contributed by atoms with van der Waals surface area (Å²) < 4.78 is 0. The Hall–Kier alpha value is -9.96. The van der Waals surface area contributed by atoms with Crippen molar-refractivity contribution in [2.45, 2.75) is 6.54 Å². The Morgan fingerprint density at radius 3 is 0.895 bits per heavy atom. The van der Waals surface area contributed by atoms with Crippen LogP contribution in [0.4, 0.5) is 45.5 Å². The molecule has 0 spiro atoms. The molecular formula is C73H55N3. The maximum Gasteiger partial charge on any atom is 0.0540 e. The van der Waals surface area contributed by atoms with Crippen molar-refractivity contribution in [2.75, 3.05) is 14.7 Å². The van der Waals surface area contributed by atoms with Gasteiger partial charge in [0.2, 0.25) is 0 Å². The van der Waals surface area contributed by atoms with Gasteiger partial charge in [0, 0.05) is 57.4 Å². The van der Waals surface area contributed by atoms with E-state index in [2.05, 4.69) is 336 Å². The van der Waals surface area contributed by atoms with E-state index in [9.17, 15) is 0 Å². The Morgan fingerprint density at radius 2 is 0.461 bits per heavy atom. The third-order valence-electron chi connectivity index (χ3n) is 14.2. The number of para-hydroxylation sites is 3. The standard InChI is InChI=1S/C73H55N3/c1-6-24-55(25-7-1)56-42-44-63(45-43-56)75(65-50-52-66(53-51-65)76(72-40-22-19-37-69(72)59-30-12-4-13-31-59)73-41-23-20-38-70(73)60-32-14-5-15-33-60)64-48-46-62(47-49-64)74(71-39-21-18-36-68(71)58-28-10-3-11-29-58)54-61-34-16-17-35-67(61)57-26-8-2-9-27-57/h1-53H,54H2. The third-order valence-corrected chi connectivity index (χ3v) is 14.2. The van der Waals surface area contributed by atoms with Crippen molar-refractivity contribution in [1.29, 1.82) is 0 Å². The zero-order chi connectivity index (χ0) is 50.9. The van der Waals surface area contributed by atoms with E-state index in [0.717, 1.165) is 67.8 Å². The maximum absolute atomic E-state index is 2.47. The van der Waals surface area contributed by atoms with Gasteiger partial charge < -0.3 is 14.7 Å². The predicted octanol–water partition coefficient (Wildman–Crippen LogP) is 20.3. The van der Waals surface area contributed by atoms with Crippen molar-refractivity contribution < 1.29 is 0 Å². The summed E-state index contributed by atoms with van der Waals surface area (Å²) >= 11 is 0. The van der Waals surface area contributed by atoms with Gasteiger partial charge in [-0.1, -0.05) is 243 Å². The minimum Gasteiger partial charge on any atom is -0.336 e. The molecule has 0 atom stereocenters. The SMILES string of the molecule is c1ccc(-c2ccc(N(c3ccc(N(Cc4ccccc4-c4ccccc4)c4ccccc4-c4ccccc4)cc3)c3ccc(N(c4ccccc4-c4ccccc4)c4ccccc4-c4ccccc4)cc3)cc2)cc1. The van der Waals surface area contributed by atoms with Crippen LogP contribution in [-0.4, -0.2) is 0 Å². The summed E-state index contributed by atoms with van der Waals surface area (Å²) in [4.78, 5) is 7.26. The molecule has 0 aliphatic heterocycles. The highest BCUT2D eigenvalue weighted by Crippen LogP contribution is 2.46. The van der Waals surface area contributed by atoms with E-state index in [4.69, 9.17) is 0 Å². The van der Waals surface area contributed by atoms with Crippen molar-refractivity contribution in [3.8, 4) is 55.6 Å². The molecule has 12 aromatic rings. The molecule has 12 aromatic carbocycles. The van der Waals surface area contributed by atoms with Gasteiger partial charge in [0.25, 0.3) is 0 Å². The summed E-state index contributed by atoms with van der Waals surface area (Å²) in [5, 5.41) is 0. The van der Waals surface area contributed by atoms with Crippen molar-refractivity contribution in [3.05, 3.63) is 327 Å². The van der Waals surface area contributed by atoms with Crippen LogP contribution in [0.5, 0.6) is 0 Å². The van der Waals surface area contributed by atoms with Crippen molar-refractivity contribution in [3.63, 3.8) is 0 Å². The van der Waals surface area contributed by atoms with Crippen molar-refractivity contribution >= 4 is 45.5 Å². The Kier molecular flexibility index (Phi) is 13.6. The highest BCUT2D eigenvalue weighted by atomic mass is 15.2. The fraction of sp³-hybridized carbons (Fsp3) is 0.0137. The molecule has 0 bridgehead atoms. The summed E-state index contributed by atoms with van der Waals surface area (Å²) in [7, 11) is 0. The van der Waals surface area contributed by atoms with Crippen molar-refractivity contribution in [1.82, 2.24) is 0 Å². The maximum atomic E-state index is 2.47. The molecule has 0 aromatic heterocycles. The normalized spacial score (nSPS) is 10.9. The van der Waals surface area contributed by atoms with Crippen LogP contribution in [0.2, 0.25) is 0 Å². The van der Waals surface area contributed by atoms with E-state index in [1.165, 1.54) is 38.9 Å². The highest BCUT2D eigenvalue weighted by Gasteiger charge is 2.23. The molecule has 0 unspecified atom stereocenters. The molecule has 0 aliphatic rings. The van der Waals surface area contributed by atoms with E-state index >= 15 is 0 Å². The topological polar surface area (TPSA) is 9.72 Å².